The van der Waals surface area contributed by atoms with E-state index in [9.17, 15) is 0 Å². The number of nitrogens with zero attached hydrogens (tertiary/aromatic N) is 1. The van der Waals surface area contributed by atoms with E-state index in [1.165, 1.54) is 22.5 Å². The number of thiazole rings is 1. The van der Waals surface area contributed by atoms with Crippen LogP contribution in [0, 0.1) is 5.92 Å². The molecule has 0 amide bonds. The second-order valence-electron chi connectivity index (χ2n) is 5.23. The second kappa shape index (κ2) is 6.30. The molecule has 0 bridgehead atoms. The number of rotatable bonds is 6. The summed E-state index contributed by atoms with van der Waals surface area (Å²) >= 11 is 1.83. The molecule has 3 heteroatoms. The standard InChI is InChI=1S/C15H22N2S/c1-11(2)10-12(16-3)8-9-15-17-13-6-4-5-7-14(13)18-15/h4-7,11-12,16H,8-10H2,1-3H3. The number of hydrogen-bond acceptors (Lipinski definition) is 3. The van der Waals surface area contributed by atoms with E-state index in [-0.39, 0.29) is 0 Å². The van der Waals surface area contributed by atoms with E-state index in [0.717, 1.165) is 17.9 Å². The summed E-state index contributed by atoms with van der Waals surface area (Å²) in [7, 11) is 2.06. The van der Waals surface area contributed by atoms with Gasteiger partial charge in [-0.1, -0.05) is 26.0 Å². The van der Waals surface area contributed by atoms with Crippen molar-refractivity contribution in [2.75, 3.05) is 7.05 Å². The van der Waals surface area contributed by atoms with Crippen LogP contribution in [0.2, 0.25) is 0 Å². The van der Waals surface area contributed by atoms with Crippen LogP contribution < -0.4 is 5.32 Å². The Balaban J connectivity index is 1.96. The molecule has 1 atom stereocenters. The summed E-state index contributed by atoms with van der Waals surface area (Å²) in [5.74, 6) is 0.748. The number of nitrogens with one attached hydrogen (secondary N) is 1. The van der Waals surface area contributed by atoms with Crippen molar-refractivity contribution in [2.45, 2.75) is 39.2 Å². The molecule has 0 radical (unpaired) electrons. The van der Waals surface area contributed by atoms with Gasteiger partial charge >= 0.3 is 0 Å². The number of para-hydroxylation sites is 1. The molecule has 1 aromatic carbocycles. The van der Waals surface area contributed by atoms with E-state index in [1.54, 1.807) is 0 Å². The van der Waals surface area contributed by atoms with Crippen molar-refractivity contribution in [3.63, 3.8) is 0 Å². The average Bonchev–Trinajstić information content (AvgIpc) is 2.76. The van der Waals surface area contributed by atoms with Gasteiger partial charge in [0.05, 0.1) is 15.2 Å². The highest BCUT2D eigenvalue weighted by molar-refractivity contribution is 7.18. The van der Waals surface area contributed by atoms with Crippen LogP contribution in [0.25, 0.3) is 10.2 Å². The van der Waals surface area contributed by atoms with Gasteiger partial charge in [-0.25, -0.2) is 4.98 Å². The van der Waals surface area contributed by atoms with Crippen molar-refractivity contribution in [3.05, 3.63) is 29.3 Å². The smallest absolute Gasteiger partial charge is 0.0939 e. The Bertz CT molecular complexity index is 457. The van der Waals surface area contributed by atoms with Gasteiger partial charge in [0, 0.05) is 12.5 Å². The van der Waals surface area contributed by atoms with Gasteiger partial charge in [-0.05, 0) is 37.9 Å². The van der Waals surface area contributed by atoms with Crippen LogP contribution in [-0.4, -0.2) is 18.1 Å². The van der Waals surface area contributed by atoms with Crippen LogP contribution in [0.4, 0.5) is 0 Å². The Morgan fingerprint density at radius 3 is 2.72 bits per heavy atom. The van der Waals surface area contributed by atoms with Gasteiger partial charge in [-0.15, -0.1) is 11.3 Å². The lowest BCUT2D eigenvalue weighted by Gasteiger charge is -2.17. The van der Waals surface area contributed by atoms with Crippen molar-refractivity contribution >= 4 is 21.6 Å². The highest BCUT2D eigenvalue weighted by Gasteiger charge is 2.10. The second-order valence-corrected chi connectivity index (χ2v) is 6.34. The first-order valence-electron chi connectivity index (χ1n) is 6.70. The number of benzene rings is 1. The molecule has 1 aromatic heterocycles. The minimum Gasteiger partial charge on any atom is -0.317 e. The Hall–Kier alpha value is -0.930. The van der Waals surface area contributed by atoms with Crippen molar-refractivity contribution in [3.8, 4) is 0 Å². The molecule has 0 fully saturated rings. The summed E-state index contributed by atoms with van der Waals surface area (Å²) in [6.45, 7) is 4.56. The first-order chi connectivity index (χ1) is 8.69. The SMILES string of the molecule is CNC(CCc1nc2ccccc2s1)CC(C)C. The zero-order chi connectivity index (χ0) is 13.0. The number of hydrogen-bond donors (Lipinski definition) is 1. The molecule has 98 valence electrons. The van der Waals surface area contributed by atoms with Gasteiger partial charge in [0.1, 0.15) is 0 Å². The number of aromatic nitrogens is 1. The molecule has 0 aliphatic carbocycles. The molecule has 0 saturated carbocycles. The summed E-state index contributed by atoms with van der Waals surface area (Å²) in [6, 6.07) is 9.00. The lowest BCUT2D eigenvalue weighted by molar-refractivity contribution is 0.421. The van der Waals surface area contributed by atoms with Crippen molar-refractivity contribution in [1.29, 1.82) is 0 Å². The van der Waals surface area contributed by atoms with Crippen LogP contribution in [0.1, 0.15) is 31.7 Å². The molecule has 2 rings (SSSR count). The van der Waals surface area contributed by atoms with E-state index in [0.29, 0.717) is 6.04 Å². The minimum absolute atomic E-state index is 0.608. The van der Waals surface area contributed by atoms with Crippen LogP contribution in [0.3, 0.4) is 0 Å². The Morgan fingerprint density at radius 1 is 1.28 bits per heavy atom. The topological polar surface area (TPSA) is 24.9 Å². The predicted octanol–water partition coefficient (Wildman–Crippen LogP) is 3.86. The third kappa shape index (κ3) is 3.53. The van der Waals surface area contributed by atoms with E-state index in [1.807, 2.05) is 11.3 Å². The predicted molar refractivity (Wildman–Crippen MR) is 80.2 cm³/mol. The molecule has 2 aromatic rings. The van der Waals surface area contributed by atoms with Gasteiger partial charge in [-0.3, -0.25) is 0 Å². The molecule has 2 nitrogen and oxygen atoms in total. The lowest BCUT2D eigenvalue weighted by atomic mass is 10.0. The van der Waals surface area contributed by atoms with Crippen molar-refractivity contribution < 1.29 is 0 Å². The van der Waals surface area contributed by atoms with E-state index >= 15 is 0 Å². The lowest BCUT2D eigenvalue weighted by Crippen LogP contribution is -2.27. The minimum atomic E-state index is 0.608. The first kappa shape index (κ1) is 13.5. The van der Waals surface area contributed by atoms with Gasteiger partial charge in [-0.2, -0.15) is 0 Å². The average molecular weight is 262 g/mol. The molecule has 1 N–H and O–H groups in total. The maximum absolute atomic E-state index is 4.69. The summed E-state index contributed by atoms with van der Waals surface area (Å²) in [4.78, 5) is 4.69. The summed E-state index contributed by atoms with van der Waals surface area (Å²) in [5.41, 5.74) is 1.14. The molecular weight excluding hydrogens is 240 g/mol. The normalized spacial score (nSPS) is 13.3. The fraction of sp³-hybridized carbons (Fsp3) is 0.533. The fourth-order valence-corrected chi connectivity index (χ4v) is 3.26. The van der Waals surface area contributed by atoms with Gasteiger partial charge in [0.25, 0.3) is 0 Å². The zero-order valence-corrected chi connectivity index (χ0v) is 12.3. The summed E-state index contributed by atoms with van der Waals surface area (Å²) < 4.78 is 1.30. The quantitative estimate of drug-likeness (QED) is 0.855. The number of fused-ring (bicyclic) bond motifs is 1. The molecule has 1 heterocycles. The van der Waals surface area contributed by atoms with Crippen LogP contribution >= 0.6 is 11.3 Å². The van der Waals surface area contributed by atoms with Gasteiger partial charge in [0.15, 0.2) is 0 Å². The van der Waals surface area contributed by atoms with E-state index in [4.69, 9.17) is 0 Å². The number of aryl methyl sites for hydroxylation is 1. The highest BCUT2D eigenvalue weighted by atomic mass is 32.1. The highest BCUT2D eigenvalue weighted by Crippen LogP contribution is 2.23. The van der Waals surface area contributed by atoms with Crippen LogP contribution in [0.5, 0.6) is 0 Å². The summed E-state index contributed by atoms with van der Waals surface area (Å²) in [5, 5.41) is 4.68. The van der Waals surface area contributed by atoms with Crippen LogP contribution in [-0.2, 0) is 6.42 Å². The van der Waals surface area contributed by atoms with E-state index in [2.05, 4.69) is 55.5 Å². The molecule has 0 spiro atoms. The fourth-order valence-electron chi connectivity index (χ4n) is 2.27. The van der Waals surface area contributed by atoms with E-state index < -0.39 is 0 Å². The van der Waals surface area contributed by atoms with Gasteiger partial charge in [0.2, 0.25) is 0 Å². The monoisotopic (exact) mass is 262 g/mol. The molecule has 18 heavy (non-hydrogen) atoms. The summed E-state index contributed by atoms with van der Waals surface area (Å²) in [6.07, 6.45) is 3.49. The Kier molecular flexibility index (Phi) is 4.72. The van der Waals surface area contributed by atoms with Crippen molar-refractivity contribution in [1.82, 2.24) is 10.3 Å². The van der Waals surface area contributed by atoms with Crippen LogP contribution in [0.15, 0.2) is 24.3 Å². The molecule has 0 aliphatic rings. The van der Waals surface area contributed by atoms with Crippen molar-refractivity contribution in [2.24, 2.45) is 5.92 Å². The Labute approximate surface area is 113 Å². The third-order valence-electron chi connectivity index (χ3n) is 3.21. The molecule has 0 aliphatic heterocycles. The van der Waals surface area contributed by atoms with Gasteiger partial charge < -0.3 is 5.32 Å². The first-order valence-corrected chi connectivity index (χ1v) is 7.52. The molecule has 0 saturated heterocycles. The largest absolute Gasteiger partial charge is 0.317 e. The molecule has 1 unspecified atom stereocenters. The zero-order valence-electron chi connectivity index (χ0n) is 11.4. The molecular formula is C15H22N2S. The maximum atomic E-state index is 4.69. The Morgan fingerprint density at radius 2 is 2.06 bits per heavy atom. The maximum Gasteiger partial charge on any atom is 0.0939 e. The third-order valence-corrected chi connectivity index (χ3v) is 4.31.